The zero-order valence-electron chi connectivity index (χ0n) is 15.7. The fraction of sp³-hybridized carbons (Fsp3) is 0.0870. The molecule has 0 atom stereocenters. The number of fused-ring (bicyclic) bond motifs is 1. The molecule has 144 valence electrons. The highest BCUT2D eigenvalue weighted by molar-refractivity contribution is 7.80. The first kappa shape index (κ1) is 18.8. The third-order valence-corrected chi connectivity index (χ3v) is 4.92. The van der Waals surface area contributed by atoms with Crippen LogP contribution in [0.15, 0.2) is 72.3 Å². The SMILES string of the molecule is CCOc1ccc2ccccc2c1/C=C1/C(=O)NC(=S)N(c2ccccc2)C1=O. The third kappa shape index (κ3) is 3.50. The fourth-order valence-electron chi connectivity index (χ4n) is 3.32. The molecule has 0 saturated carbocycles. The molecular formula is C23H18N2O3S. The van der Waals surface area contributed by atoms with Crippen LogP contribution in [0.4, 0.5) is 5.69 Å². The Kier molecular flexibility index (Phi) is 5.10. The van der Waals surface area contributed by atoms with E-state index in [4.69, 9.17) is 17.0 Å². The number of carbonyl (C=O) groups is 2. The smallest absolute Gasteiger partial charge is 0.270 e. The van der Waals surface area contributed by atoms with Crippen molar-refractivity contribution in [3.8, 4) is 5.75 Å². The van der Waals surface area contributed by atoms with E-state index in [0.717, 1.165) is 10.8 Å². The van der Waals surface area contributed by atoms with E-state index in [1.165, 1.54) is 4.90 Å². The van der Waals surface area contributed by atoms with Crippen molar-refractivity contribution in [3.63, 3.8) is 0 Å². The molecule has 3 aromatic carbocycles. The van der Waals surface area contributed by atoms with Gasteiger partial charge < -0.3 is 4.74 Å². The Morgan fingerprint density at radius 1 is 1.00 bits per heavy atom. The largest absolute Gasteiger partial charge is 0.493 e. The van der Waals surface area contributed by atoms with Gasteiger partial charge in [0.25, 0.3) is 11.8 Å². The van der Waals surface area contributed by atoms with Gasteiger partial charge in [-0.25, -0.2) is 0 Å². The number of benzene rings is 3. The van der Waals surface area contributed by atoms with E-state index in [-0.39, 0.29) is 10.7 Å². The Bertz CT molecular complexity index is 1160. The molecule has 0 spiro atoms. The number of anilines is 1. The highest BCUT2D eigenvalue weighted by Gasteiger charge is 2.34. The molecule has 29 heavy (non-hydrogen) atoms. The van der Waals surface area contributed by atoms with Gasteiger partial charge in [-0.3, -0.25) is 19.8 Å². The lowest BCUT2D eigenvalue weighted by Gasteiger charge is -2.29. The molecule has 1 heterocycles. The summed E-state index contributed by atoms with van der Waals surface area (Å²) in [6, 6.07) is 20.6. The van der Waals surface area contributed by atoms with Crippen molar-refractivity contribution in [2.45, 2.75) is 6.92 Å². The first-order valence-corrected chi connectivity index (χ1v) is 9.62. The van der Waals surface area contributed by atoms with Gasteiger partial charge in [-0.2, -0.15) is 0 Å². The molecule has 1 fully saturated rings. The van der Waals surface area contributed by atoms with E-state index in [9.17, 15) is 9.59 Å². The Morgan fingerprint density at radius 3 is 2.48 bits per heavy atom. The fourth-order valence-corrected chi connectivity index (χ4v) is 3.60. The zero-order valence-corrected chi connectivity index (χ0v) is 16.5. The summed E-state index contributed by atoms with van der Waals surface area (Å²) < 4.78 is 5.76. The Balaban J connectivity index is 1.87. The van der Waals surface area contributed by atoms with E-state index >= 15 is 0 Å². The van der Waals surface area contributed by atoms with Gasteiger partial charge >= 0.3 is 0 Å². The first-order valence-electron chi connectivity index (χ1n) is 9.21. The molecular weight excluding hydrogens is 384 g/mol. The predicted molar refractivity (Wildman–Crippen MR) is 118 cm³/mol. The standard InChI is InChI=1S/C23H18N2O3S/c1-2-28-20-13-12-15-8-6-7-11-17(15)18(20)14-19-21(26)24-23(29)25(22(19)27)16-9-4-3-5-10-16/h3-14H,2H2,1H3,(H,24,26,29)/b19-14-. The molecule has 6 heteroatoms. The van der Waals surface area contributed by atoms with Gasteiger partial charge in [-0.15, -0.1) is 0 Å². The zero-order chi connectivity index (χ0) is 20.4. The normalized spacial score (nSPS) is 15.7. The highest BCUT2D eigenvalue weighted by Crippen LogP contribution is 2.31. The van der Waals surface area contributed by atoms with Gasteiger partial charge in [0, 0.05) is 5.56 Å². The highest BCUT2D eigenvalue weighted by atomic mass is 32.1. The van der Waals surface area contributed by atoms with Crippen molar-refractivity contribution in [3.05, 3.63) is 77.9 Å². The van der Waals surface area contributed by atoms with Crippen molar-refractivity contribution < 1.29 is 14.3 Å². The average molecular weight is 402 g/mol. The number of hydrogen-bond donors (Lipinski definition) is 1. The van der Waals surface area contributed by atoms with Crippen LogP contribution in [-0.4, -0.2) is 23.5 Å². The number of nitrogens with one attached hydrogen (secondary N) is 1. The molecule has 0 radical (unpaired) electrons. The Morgan fingerprint density at radius 2 is 1.72 bits per heavy atom. The van der Waals surface area contributed by atoms with Gasteiger partial charge in [-0.05, 0) is 54.2 Å². The molecule has 3 aromatic rings. The molecule has 0 aromatic heterocycles. The number of carbonyl (C=O) groups excluding carboxylic acids is 2. The first-order chi connectivity index (χ1) is 14.1. The number of amides is 2. The minimum atomic E-state index is -0.525. The monoisotopic (exact) mass is 402 g/mol. The summed E-state index contributed by atoms with van der Waals surface area (Å²) in [5.41, 5.74) is 1.28. The van der Waals surface area contributed by atoms with Crippen LogP contribution in [0, 0.1) is 0 Å². The summed E-state index contributed by atoms with van der Waals surface area (Å²) >= 11 is 5.25. The molecule has 1 aliphatic rings. The van der Waals surface area contributed by atoms with Crippen LogP contribution in [0.2, 0.25) is 0 Å². The average Bonchev–Trinajstić information content (AvgIpc) is 2.73. The van der Waals surface area contributed by atoms with Gasteiger partial charge in [0.05, 0.1) is 12.3 Å². The van der Waals surface area contributed by atoms with E-state index in [1.54, 1.807) is 18.2 Å². The van der Waals surface area contributed by atoms with Crippen molar-refractivity contribution in [1.82, 2.24) is 5.32 Å². The number of nitrogens with zero attached hydrogens (tertiary/aromatic N) is 1. The van der Waals surface area contributed by atoms with E-state index in [1.807, 2.05) is 61.5 Å². The maximum atomic E-state index is 13.2. The molecule has 2 amide bonds. The summed E-state index contributed by atoms with van der Waals surface area (Å²) in [5.74, 6) is -0.387. The summed E-state index contributed by atoms with van der Waals surface area (Å²) in [4.78, 5) is 27.2. The minimum Gasteiger partial charge on any atom is -0.493 e. The van der Waals surface area contributed by atoms with Crippen molar-refractivity contribution in [2.24, 2.45) is 0 Å². The van der Waals surface area contributed by atoms with E-state index in [2.05, 4.69) is 5.32 Å². The van der Waals surface area contributed by atoms with Gasteiger partial charge in [-0.1, -0.05) is 48.5 Å². The van der Waals surface area contributed by atoms with Crippen molar-refractivity contribution in [1.29, 1.82) is 0 Å². The predicted octanol–water partition coefficient (Wildman–Crippen LogP) is 4.07. The number of para-hydroxylation sites is 1. The molecule has 1 saturated heterocycles. The van der Waals surface area contributed by atoms with Crippen LogP contribution in [0.5, 0.6) is 5.75 Å². The third-order valence-electron chi connectivity index (χ3n) is 4.64. The van der Waals surface area contributed by atoms with Crippen LogP contribution in [-0.2, 0) is 9.59 Å². The van der Waals surface area contributed by atoms with E-state index in [0.29, 0.717) is 23.6 Å². The topological polar surface area (TPSA) is 58.6 Å². The van der Waals surface area contributed by atoms with Crippen LogP contribution >= 0.6 is 12.2 Å². The number of hydrogen-bond acceptors (Lipinski definition) is 4. The number of rotatable bonds is 4. The summed E-state index contributed by atoms with van der Waals surface area (Å²) in [7, 11) is 0. The Hall–Kier alpha value is -3.51. The molecule has 0 bridgehead atoms. The Labute approximate surface area is 173 Å². The lowest BCUT2D eigenvalue weighted by Crippen LogP contribution is -2.54. The summed E-state index contributed by atoms with van der Waals surface area (Å²) in [6.45, 7) is 2.36. The van der Waals surface area contributed by atoms with Gasteiger partial charge in [0.1, 0.15) is 11.3 Å². The van der Waals surface area contributed by atoms with Crippen molar-refractivity contribution >= 4 is 51.7 Å². The quantitative estimate of drug-likeness (QED) is 0.406. The lowest BCUT2D eigenvalue weighted by atomic mass is 9.99. The molecule has 4 rings (SSSR count). The molecule has 0 unspecified atom stereocenters. The van der Waals surface area contributed by atoms with Crippen LogP contribution in [0.3, 0.4) is 0 Å². The second-order valence-electron chi connectivity index (χ2n) is 6.42. The van der Waals surface area contributed by atoms with Crippen LogP contribution in [0.25, 0.3) is 16.8 Å². The summed E-state index contributed by atoms with van der Waals surface area (Å²) in [6.07, 6.45) is 1.59. The lowest BCUT2D eigenvalue weighted by molar-refractivity contribution is -0.122. The molecule has 1 N–H and O–H groups in total. The van der Waals surface area contributed by atoms with Crippen molar-refractivity contribution in [2.75, 3.05) is 11.5 Å². The van der Waals surface area contributed by atoms with E-state index < -0.39 is 11.8 Å². The van der Waals surface area contributed by atoms with Gasteiger partial charge in [0.2, 0.25) is 0 Å². The molecule has 0 aliphatic carbocycles. The van der Waals surface area contributed by atoms with Gasteiger partial charge in [0.15, 0.2) is 5.11 Å². The van der Waals surface area contributed by atoms with Crippen LogP contribution in [0.1, 0.15) is 12.5 Å². The number of ether oxygens (including phenoxy) is 1. The summed E-state index contributed by atoms with van der Waals surface area (Å²) in [5, 5.41) is 4.56. The minimum absolute atomic E-state index is 0.000223. The molecule has 1 aliphatic heterocycles. The maximum absolute atomic E-state index is 13.2. The van der Waals surface area contributed by atoms with Crippen LogP contribution < -0.4 is 15.0 Å². The number of thiocarbonyl (C=S) groups is 1. The maximum Gasteiger partial charge on any atom is 0.270 e. The molecule has 5 nitrogen and oxygen atoms in total. The second kappa shape index (κ2) is 7.85. The second-order valence-corrected chi connectivity index (χ2v) is 6.81.